The number of benzene rings is 1. The van der Waals surface area contributed by atoms with Crippen molar-refractivity contribution >= 4 is 11.8 Å². The van der Waals surface area contributed by atoms with Gasteiger partial charge in [0.05, 0.1) is 6.04 Å². The fraction of sp³-hybridized carbons (Fsp3) is 0.474. The number of nitrogens with one attached hydrogen (secondary N) is 2. The molecular weight excluding hydrogens is 330 g/mol. The second kappa shape index (κ2) is 7.68. The standard InChI is InChI=1S/C19H25N5O2/c1-12-6-4-5-7-15(12)10-13(2)18(25)20-11-16-8-9-24(16)19(26)17-21-14(3)22-23-17/h4-7,13,16H,8-11H2,1-3H3,(H,20,25)(H,21,22,23). The number of likely N-dealkylation sites (tertiary alicyclic amines) is 1. The number of rotatable bonds is 6. The number of carbonyl (C=O) groups excluding carboxylic acids is 2. The molecule has 1 aromatic carbocycles. The molecule has 1 aliphatic rings. The average Bonchev–Trinajstić information content (AvgIpc) is 3.02. The lowest BCUT2D eigenvalue weighted by molar-refractivity contribution is -0.124. The van der Waals surface area contributed by atoms with E-state index in [2.05, 4.69) is 39.6 Å². The highest BCUT2D eigenvalue weighted by molar-refractivity contribution is 5.91. The van der Waals surface area contributed by atoms with Crippen LogP contribution in [-0.2, 0) is 11.2 Å². The topological polar surface area (TPSA) is 91.0 Å². The second-order valence-electron chi connectivity index (χ2n) is 6.96. The minimum absolute atomic E-state index is 0.0101. The zero-order valence-electron chi connectivity index (χ0n) is 15.5. The van der Waals surface area contributed by atoms with Crippen LogP contribution >= 0.6 is 0 Å². The lowest BCUT2D eigenvalue weighted by Gasteiger charge is -2.40. The molecule has 0 saturated carbocycles. The number of hydrogen-bond donors (Lipinski definition) is 2. The molecule has 1 aromatic heterocycles. The Kier molecular flexibility index (Phi) is 5.35. The van der Waals surface area contributed by atoms with Gasteiger partial charge in [-0.15, -0.1) is 5.10 Å². The van der Waals surface area contributed by atoms with E-state index in [9.17, 15) is 9.59 Å². The Bertz CT molecular complexity index is 801. The molecule has 2 unspecified atom stereocenters. The number of H-pyrrole nitrogens is 1. The number of carbonyl (C=O) groups is 2. The third kappa shape index (κ3) is 3.92. The lowest BCUT2D eigenvalue weighted by atomic mass is 9.96. The Hall–Kier alpha value is -2.70. The largest absolute Gasteiger partial charge is 0.354 e. The molecule has 3 rings (SSSR count). The van der Waals surface area contributed by atoms with Crippen LogP contribution < -0.4 is 5.32 Å². The van der Waals surface area contributed by atoms with Gasteiger partial charge in [0.2, 0.25) is 11.7 Å². The number of nitrogens with zero attached hydrogens (tertiary/aromatic N) is 3. The molecule has 0 bridgehead atoms. The van der Waals surface area contributed by atoms with Crippen LogP contribution in [0.25, 0.3) is 0 Å². The molecule has 1 saturated heterocycles. The smallest absolute Gasteiger partial charge is 0.293 e. The summed E-state index contributed by atoms with van der Waals surface area (Å²) < 4.78 is 0. The molecule has 2 amide bonds. The van der Waals surface area contributed by atoms with Crippen molar-refractivity contribution in [1.29, 1.82) is 0 Å². The van der Waals surface area contributed by atoms with Crippen molar-refractivity contribution in [1.82, 2.24) is 25.4 Å². The van der Waals surface area contributed by atoms with Crippen LogP contribution in [0.3, 0.4) is 0 Å². The van der Waals surface area contributed by atoms with Gasteiger partial charge in [0, 0.05) is 19.0 Å². The minimum atomic E-state index is -0.187. The van der Waals surface area contributed by atoms with Crippen LogP contribution in [0.5, 0.6) is 0 Å². The Morgan fingerprint density at radius 2 is 2.12 bits per heavy atom. The first-order valence-electron chi connectivity index (χ1n) is 8.98. The highest BCUT2D eigenvalue weighted by Gasteiger charge is 2.34. The fourth-order valence-electron chi connectivity index (χ4n) is 3.14. The Morgan fingerprint density at radius 3 is 2.73 bits per heavy atom. The van der Waals surface area contributed by atoms with E-state index >= 15 is 0 Å². The number of aromatic nitrogens is 3. The molecule has 138 valence electrons. The first-order valence-corrected chi connectivity index (χ1v) is 8.98. The van der Waals surface area contributed by atoms with Gasteiger partial charge in [-0.25, -0.2) is 4.98 Å². The Labute approximate surface area is 153 Å². The van der Waals surface area contributed by atoms with Crippen molar-refractivity contribution in [3.05, 3.63) is 47.0 Å². The van der Waals surface area contributed by atoms with Crippen molar-refractivity contribution in [2.45, 2.75) is 39.7 Å². The van der Waals surface area contributed by atoms with Gasteiger partial charge < -0.3 is 10.2 Å². The fourth-order valence-corrected chi connectivity index (χ4v) is 3.14. The van der Waals surface area contributed by atoms with Crippen molar-refractivity contribution < 1.29 is 9.59 Å². The molecular formula is C19H25N5O2. The maximum Gasteiger partial charge on any atom is 0.293 e. The molecule has 1 fully saturated rings. The summed E-state index contributed by atoms with van der Waals surface area (Å²) in [5, 5.41) is 9.58. The third-order valence-electron chi connectivity index (χ3n) is 4.94. The van der Waals surface area contributed by atoms with Gasteiger partial charge in [-0.3, -0.25) is 14.7 Å². The summed E-state index contributed by atoms with van der Waals surface area (Å²) in [5.74, 6) is 0.514. The van der Waals surface area contributed by atoms with E-state index in [0.717, 1.165) is 6.42 Å². The molecule has 0 aliphatic carbocycles. The van der Waals surface area contributed by atoms with Crippen LogP contribution in [0.4, 0.5) is 0 Å². The molecule has 2 N–H and O–H groups in total. The molecule has 2 atom stereocenters. The van der Waals surface area contributed by atoms with Gasteiger partial charge in [0.15, 0.2) is 0 Å². The summed E-state index contributed by atoms with van der Waals surface area (Å²) in [6, 6.07) is 8.13. The Balaban J connectivity index is 1.49. The van der Waals surface area contributed by atoms with E-state index in [1.54, 1.807) is 11.8 Å². The van der Waals surface area contributed by atoms with Gasteiger partial charge in [-0.1, -0.05) is 31.2 Å². The van der Waals surface area contributed by atoms with Gasteiger partial charge in [0.25, 0.3) is 5.91 Å². The van der Waals surface area contributed by atoms with Crippen LogP contribution in [0.2, 0.25) is 0 Å². The first-order chi connectivity index (χ1) is 12.5. The van der Waals surface area contributed by atoms with E-state index < -0.39 is 0 Å². The van der Waals surface area contributed by atoms with E-state index in [-0.39, 0.29) is 29.6 Å². The minimum Gasteiger partial charge on any atom is -0.354 e. The predicted molar refractivity (Wildman–Crippen MR) is 97.6 cm³/mol. The number of aryl methyl sites for hydroxylation is 2. The summed E-state index contributed by atoms with van der Waals surface area (Å²) in [6.45, 7) is 6.88. The second-order valence-corrected chi connectivity index (χ2v) is 6.96. The van der Waals surface area contributed by atoms with Gasteiger partial charge in [-0.05, 0) is 37.8 Å². The highest BCUT2D eigenvalue weighted by atomic mass is 16.2. The molecule has 26 heavy (non-hydrogen) atoms. The number of aromatic amines is 1. The first kappa shape index (κ1) is 18.1. The molecule has 2 aromatic rings. The summed E-state index contributed by atoms with van der Waals surface area (Å²) in [6.07, 6.45) is 1.59. The molecule has 1 aliphatic heterocycles. The van der Waals surface area contributed by atoms with Crippen molar-refractivity contribution in [3.63, 3.8) is 0 Å². The van der Waals surface area contributed by atoms with Crippen molar-refractivity contribution in [3.8, 4) is 0 Å². The monoisotopic (exact) mass is 355 g/mol. The van der Waals surface area contributed by atoms with Crippen LogP contribution in [0.1, 0.15) is 40.9 Å². The summed E-state index contributed by atoms with van der Waals surface area (Å²) in [5.41, 5.74) is 2.39. The maximum absolute atomic E-state index is 12.4. The summed E-state index contributed by atoms with van der Waals surface area (Å²) in [7, 11) is 0. The van der Waals surface area contributed by atoms with E-state index in [1.165, 1.54) is 11.1 Å². The highest BCUT2D eigenvalue weighted by Crippen LogP contribution is 2.19. The van der Waals surface area contributed by atoms with Crippen molar-refractivity contribution in [2.24, 2.45) is 5.92 Å². The predicted octanol–water partition coefficient (Wildman–Crippen LogP) is 1.63. The number of hydrogen-bond acceptors (Lipinski definition) is 4. The molecule has 7 heteroatoms. The maximum atomic E-state index is 12.4. The zero-order chi connectivity index (χ0) is 18.7. The van der Waals surface area contributed by atoms with E-state index in [0.29, 0.717) is 25.3 Å². The molecule has 0 spiro atoms. The SMILES string of the molecule is Cc1nc(C(=O)N2CCC2CNC(=O)C(C)Cc2ccccc2C)n[nH]1. The lowest BCUT2D eigenvalue weighted by Crippen LogP contribution is -2.56. The van der Waals surface area contributed by atoms with Gasteiger partial charge in [-0.2, -0.15) is 0 Å². The summed E-state index contributed by atoms with van der Waals surface area (Å²) in [4.78, 5) is 30.6. The Morgan fingerprint density at radius 1 is 1.35 bits per heavy atom. The number of amides is 2. The normalized spacial score (nSPS) is 17.5. The van der Waals surface area contributed by atoms with Crippen LogP contribution in [0, 0.1) is 19.8 Å². The van der Waals surface area contributed by atoms with E-state index in [1.807, 2.05) is 19.1 Å². The molecule has 7 nitrogen and oxygen atoms in total. The van der Waals surface area contributed by atoms with E-state index in [4.69, 9.17) is 0 Å². The quantitative estimate of drug-likeness (QED) is 0.824. The van der Waals surface area contributed by atoms with Crippen LogP contribution in [0.15, 0.2) is 24.3 Å². The third-order valence-corrected chi connectivity index (χ3v) is 4.94. The summed E-state index contributed by atoms with van der Waals surface area (Å²) >= 11 is 0. The van der Waals surface area contributed by atoms with Crippen LogP contribution in [-0.4, -0.2) is 51.0 Å². The molecule has 2 heterocycles. The molecule has 0 radical (unpaired) electrons. The van der Waals surface area contributed by atoms with Gasteiger partial charge in [0.1, 0.15) is 5.82 Å². The average molecular weight is 355 g/mol. The van der Waals surface area contributed by atoms with Gasteiger partial charge >= 0.3 is 0 Å². The zero-order valence-corrected chi connectivity index (χ0v) is 15.5. The van der Waals surface area contributed by atoms with Crippen molar-refractivity contribution in [2.75, 3.05) is 13.1 Å².